The van der Waals surface area contributed by atoms with Gasteiger partial charge in [-0.05, 0) is 29.7 Å². The fourth-order valence-electron chi connectivity index (χ4n) is 1.29. The molecule has 1 heterocycles. The lowest BCUT2D eigenvalue weighted by molar-refractivity contribution is 0.438. The zero-order chi connectivity index (χ0) is 11.6. The average molecular weight is 255 g/mol. The lowest BCUT2D eigenvalue weighted by Crippen LogP contribution is -2.23. The Balaban J connectivity index is 2.01. The van der Waals surface area contributed by atoms with Gasteiger partial charge in [0.25, 0.3) is 0 Å². The molecule has 2 rings (SSSR count). The van der Waals surface area contributed by atoms with Gasteiger partial charge in [-0.25, -0.2) is 4.39 Å². The molecule has 0 spiro atoms. The molecule has 4 heteroatoms. The first kappa shape index (κ1) is 12.0. The third kappa shape index (κ3) is 3.25. The second-order valence-corrected chi connectivity index (χ2v) is 6.88. The molecular formula is C12H14FNS2. The molecule has 0 saturated heterocycles. The molecule has 16 heavy (non-hydrogen) atoms. The standard InChI is InChI=1S/C12H14FNS2/c1-12(2)7-14-11(15-8-12)16-10-5-3-9(13)4-6-10/h3-6H,7-8H2,1-2H3. The Hall–Kier alpha value is -0.480. The van der Waals surface area contributed by atoms with E-state index in [0.29, 0.717) is 5.41 Å². The van der Waals surface area contributed by atoms with E-state index in [1.54, 1.807) is 35.7 Å². The van der Waals surface area contributed by atoms with Crippen molar-refractivity contribution in [3.05, 3.63) is 30.1 Å². The second kappa shape index (κ2) is 4.80. The SMILES string of the molecule is CC1(C)CN=C(Sc2ccc(F)cc2)SC1. The third-order valence-electron chi connectivity index (χ3n) is 2.24. The third-order valence-corrected chi connectivity index (χ3v) is 4.96. The molecule has 0 bridgehead atoms. The van der Waals surface area contributed by atoms with Crippen molar-refractivity contribution in [2.75, 3.05) is 12.3 Å². The van der Waals surface area contributed by atoms with E-state index < -0.39 is 0 Å². The Morgan fingerprint density at radius 3 is 2.56 bits per heavy atom. The Morgan fingerprint density at radius 2 is 2.00 bits per heavy atom. The van der Waals surface area contributed by atoms with Crippen LogP contribution in [0.2, 0.25) is 0 Å². The number of halogens is 1. The molecule has 1 aromatic rings. The van der Waals surface area contributed by atoms with Crippen molar-refractivity contribution in [2.45, 2.75) is 18.7 Å². The fraction of sp³-hybridized carbons (Fsp3) is 0.417. The van der Waals surface area contributed by atoms with Crippen LogP contribution in [-0.4, -0.2) is 16.7 Å². The summed E-state index contributed by atoms with van der Waals surface area (Å²) >= 11 is 3.41. The van der Waals surface area contributed by atoms with Gasteiger partial charge in [0.15, 0.2) is 0 Å². The van der Waals surface area contributed by atoms with Crippen LogP contribution < -0.4 is 0 Å². The van der Waals surface area contributed by atoms with Crippen LogP contribution in [-0.2, 0) is 0 Å². The molecule has 0 aromatic heterocycles. The van der Waals surface area contributed by atoms with Crippen molar-refractivity contribution in [3.63, 3.8) is 0 Å². The van der Waals surface area contributed by atoms with Gasteiger partial charge in [-0.1, -0.05) is 37.4 Å². The topological polar surface area (TPSA) is 12.4 Å². The highest BCUT2D eigenvalue weighted by Crippen LogP contribution is 2.34. The van der Waals surface area contributed by atoms with Gasteiger partial charge < -0.3 is 0 Å². The van der Waals surface area contributed by atoms with Crippen LogP contribution in [0, 0.1) is 11.2 Å². The smallest absolute Gasteiger partial charge is 0.129 e. The van der Waals surface area contributed by atoms with E-state index >= 15 is 0 Å². The summed E-state index contributed by atoms with van der Waals surface area (Å²) < 4.78 is 13.8. The van der Waals surface area contributed by atoms with Crippen molar-refractivity contribution in [2.24, 2.45) is 10.4 Å². The Kier molecular flexibility index (Phi) is 3.60. The Morgan fingerprint density at radius 1 is 1.31 bits per heavy atom. The lowest BCUT2D eigenvalue weighted by atomic mass is 9.97. The van der Waals surface area contributed by atoms with Gasteiger partial charge in [-0.15, -0.1) is 0 Å². The molecule has 1 nitrogen and oxygen atoms in total. The van der Waals surface area contributed by atoms with Gasteiger partial charge in [0.05, 0.1) is 0 Å². The van der Waals surface area contributed by atoms with E-state index in [-0.39, 0.29) is 5.82 Å². The maximum atomic E-state index is 12.7. The molecule has 0 saturated carbocycles. The first-order valence-corrected chi connectivity index (χ1v) is 6.96. The summed E-state index contributed by atoms with van der Waals surface area (Å²) in [6, 6.07) is 6.56. The van der Waals surface area contributed by atoms with E-state index in [1.165, 1.54) is 12.1 Å². The molecule has 0 radical (unpaired) electrons. The number of aliphatic imine (C=N–C) groups is 1. The van der Waals surface area contributed by atoms with Crippen molar-refractivity contribution < 1.29 is 4.39 Å². The number of benzene rings is 1. The summed E-state index contributed by atoms with van der Waals surface area (Å²) in [5.74, 6) is 0.906. The molecule has 1 aliphatic heterocycles. The molecule has 0 aliphatic carbocycles. The zero-order valence-electron chi connectivity index (χ0n) is 9.37. The van der Waals surface area contributed by atoms with Gasteiger partial charge in [0.2, 0.25) is 0 Å². The normalized spacial score (nSPS) is 19.3. The summed E-state index contributed by atoms with van der Waals surface area (Å²) in [5, 5.41) is 0. The molecule has 86 valence electrons. The minimum absolute atomic E-state index is 0.191. The maximum absolute atomic E-state index is 12.7. The monoisotopic (exact) mass is 255 g/mol. The summed E-state index contributed by atoms with van der Waals surface area (Å²) in [6.45, 7) is 5.33. The predicted molar refractivity (Wildman–Crippen MR) is 70.8 cm³/mol. The van der Waals surface area contributed by atoms with Gasteiger partial charge >= 0.3 is 0 Å². The second-order valence-electron chi connectivity index (χ2n) is 4.59. The van der Waals surface area contributed by atoms with Crippen LogP contribution in [0.5, 0.6) is 0 Å². The molecule has 0 N–H and O–H groups in total. The number of hydrogen-bond donors (Lipinski definition) is 0. The fourth-order valence-corrected chi connectivity index (χ4v) is 3.36. The first-order valence-electron chi connectivity index (χ1n) is 5.16. The molecule has 0 atom stereocenters. The Bertz CT molecular complexity index is 398. The molecule has 0 amide bonds. The lowest BCUT2D eigenvalue weighted by Gasteiger charge is -2.26. The van der Waals surface area contributed by atoms with Crippen LogP contribution >= 0.6 is 23.5 Å². The predicted octanol–water partition coefficient (Wildman–Crippen LogP) is 4.05. The van der Waals surface area contributed by atoms with Crippen molar-refractivity contribution in [1.82, 2.24) is 0 Å². The summed E-state index contributed by atoms with van der Waals surface area (Å²) in [6.07, 6.45) is 0. The van der Waals surface area contributed by atoms with E-state index in [2.05, 4.69) is 18.8 Å². The zero-order valence-corrected chi connectivity index (χ0v) is 11.0. The summed E-state index contributed by atoms with van der Waals surface area (Å²) in [5.41, 5.74) is 0.303. The van der Waals surface area contributed by atoms with Gasteiger partial charge in [-0.3, -0.25) is 4.99 Å². The van der Waals surface area contributed by atoms with Gasteiger partial charge in [0.1, 0.15) is 10.2 Å². The van der Waals surface area contributed by atoms with Crippen LogP contribution in [0.25, 0.3) is 0 Å². The highest BCUT2D eigenvalue weighted by Gasteiger charge is 2.23. The number of nitrogens with zero attached hydrogens (tertiary/aromatic N) is 1. The van der Waals surface area contributed by atoms with Gasteiger partial charge in [0, 0.05) is 17.2 Å². The van der Waals surface area contributed by atoms with E-state index in [9.17, 15) is 4.39 Å². The molecule has 0 unspecified atom stereocenters. The largest absolute Gasteiger partial charge is 0.271 e. The minimum Gasteiger partial charge on any atom is -0.271 e. The maximum Gasteiger partial charge on any atom is 0.129 e. The number of thioether (sulfide) groups is 2. The molecular weight excluding hydrogens is 241 g/mol. The van der Waals surface area contributed by atoms with Crippen molar-refractivity contribution in [3.8, 4) is 0 Å². The molecule has 1 aromatic carbocycles. The van der Waals surface area contributed by atoms with Gasteiger partial charge in [-0.2, -0.15) is 0 Å². The van der Waals surface area contributed by atoms with Crippen molar-refractivity contribution >= 4 is 27.9 Å². The van der Waals surface area contributed by atoms with Crippen LogP contribution in [0.1, 0.15) is 13.8 Å². The van der Waals surface area contributed by atoms with E-state index in [1.807, 2.05) is 0 Å². The van der Waals surface area contributed by atoms with Crippen LogP contribution in [0.4, 0.5) is 4.39 Å². The highest BCUT2D eigenvalue weighted by atomic mass is 32.2. The average Bonchev–Trinajstić information content (AvgIpc) is 2.24. The van der Waals surface area contributed by atoms with Crippen molar-refractivity contribution in [1.29, 1.82) is 0 Å². The summed E-state index contributed by atoms with van der Waals surface area (Å²) in [7, 11) is 0. The minimum atomic E-state index is -0.191. The number of hydrogen-bond acceptors (Lipinski definition) is 3. The Labute approximate surface area is 104 Å². The first-order chi connectivity index (χ1) is 7.55. The quantitative estimate of drug-likeness (QED) is 0.750. The van der Waals surface area contributed by atoms with Crippen LogP contribution in [0.3, 0.4) is 0 Å². The molecule has 0 fully saturated rings. The molecule has 1 aliphatic rings. The van der Waals surface area contributed by atoms with Crippen LogP contribution in [0.15, 0.2) is 34.2 Å². The highest BCUT2D eigenvalue weighted by molar-refractivity contribution is 8.39. The number of rotatable bonds is 1. The van der Waals surface area contributed by atoms with E-state index in [4.69, 9.17) is 0 Å². The summed E-state index contributed by atoms with van der Waals surface area (Å²) in [4.78, 5) is 5.60. The van der Waals surface area contributed by atoms with E-state index in [0.717, 1.165) is 21.6 Å².